The van der Waals surface area contributed by atoms with E-state index in [0.29, 0.717) is 12.1 Å². The van der Waals surface area contributed by atoms with Crippen molar-refractivity contribution in [1.29, 1.82) is 0 Å². The number of hydrogen-bond acceptors (Lipinski definition) is 2. The maximum Gasteiger partial charge on any atom is 0.152 e. The maximum atomic E-state index is 14.0. The van der Waals surface area contributed by atoms with E-state index in [1.165, 1.54) is 12.1 Å². The van der Waals surface area contributed by atoms with Crippen LogP contribution in [0.15, 0.2) is 48.8 Å². The monoisotopic (exact) mass is 284 g/mol. The number of benzene rings is 2. The number of aryl methyl sites for hydroxylation is 1. The van der Waals surface area contributed by atoms with Gasteiger partial charge in [0, 0.05) is 24.3 Å². The number of anilines is 1. The van der Waals surface area contributed by atoms with Gasteiger partial charge in [-0.1, -0.05) is 24.3 Å². The number of aromatic nitrogens is 1. The SMILES string of the molecule is Cc1ccc(F)c(NCc2cccc3cnccc23)c1F. The lowest BCUT2D eigenvalue weighted by molar-refractivity contribution is 0.582. The van der Waals surface area contributed by atoms with Crippen LogP contribution in [0.5, 0.6) is 0 Å². The minimum Gasteiger partial charge on any atom is -0.376 e. The van der Waals surface area contributed by atoms with E-state index in [4.69, 9.17) is 0 Å². The maximum absolute atomic E-state index is 14.0. The highest BCUT2D eigenvalue weighted by Gasteiger charge is 2.11. The van der Waals surface area contributed by atoms with Gasteiger partial charge in [0.1, 0.15) is 11.5 Å². The van der Waals surface area contributed by atoms with Gasteiger partial charge in [0.2, 0.25) is 0 Å². The molecule has 0 unspecified atom stereocenters. The zero-order chi connectivity index (χ0) is 14.8. The Morgan fingerprint density at radius 1 is 1.10 bits per heavy atom. The fourth-order valence-corrected chi connectivity index (χ4v) is 2.35. The second-order valence-corrected chi connectivity index (χ2v) is 4.92. The summed E-state index contributed by atoms with van der Waals surface area (Å²) in [6, 6.07) is 10.4. The summed E-state index contributed by atoms with van der Waals surface area (Å²) in [5.41, 5.74) is 1.30. The van der Waals surface area contributed by atoms with Crippen LogP contribution in [0.2, 0.25) is 0 Å². The molecule has 1 aromatic heterocycles. The van der Waals surface area contributed by atoms with Gasteiger partial charge in [0.05, 0.1) is 0 Å². The van der Waals surface area contributed by atoms with Crippen LogP contribution in [0.25, 0.3) is 10.8 Å². The summed E-state index contributed by atoms with van der Waals surface area (Å²) in [5.74, 6) is -1.13. The van der Waals surface area contributed by atoms with Crippen LogP contribution in [0.4, 0.5) is 14.5 Å². The van der Waals surface area contributed by atoms with Crippen molar-refractivity contribution in [2.75, 3.05) is 5.32 Å². The van der Waals surface area contributed by atoms with E-state index in [0.717, 1.165) is 16.3 Å². The number of hydrogen-bond donors (Lipinski definition) is 1. The number of fused-ring (bicyclic) bond motifs is 1. The average molecular weight is 284 g/mol. The van der Waals surface area contributed by atoms with Crippen LogP contribution >= 0.6 is 0 Å². The Balaban J connectivity index is 1.93. The summed E-state index contributed by atoms with van der Waals surface area (Å²) >= 11 is 0. The van der Waals surface area contributed by atoms with Gasteiger partial charge in [0.25, 0.3) is 0 Å². The van der Waals surface area contributed by atoms with Gasteiger partial charge in [-0.05, 0) is 35.6 Å². The number of pyridine rings is 1. The highest BCUT2D eigenvalue weighted by atomic mass is 19.1. The first-order chi connectivity index (χ1) is 10.2. The largest absolute Gasteiger partial charge is 0.376 e. The predicted molar refractivity (Wildman–Crippen MR) is 80.2 cm³/mol. The molecule has 0 aliphatic heterocycles. The Bertz CT molecular complexity index is 795. The number of nitrogens with one attached hydrogen (secondary N) is 1. The van der Waals surface area contributed by atoms with Gasteiger partial charge in [-0.3, -0.25) is 4.98 Å². The van der Waals surface area contributed by atoms with Gasteiger partial charge in [-0.25, -0.2) is 8.78 Å². The standard InChI is InChI=1S/C17H14F2N2/c1-11-5-6-15(18)17(16(11)19)21-10-13-4-2-3-12-9-20-8-7-14(12)13/h2-9,21H,10H2,1H3. The van der Waals surface area contributed by atoms with Crippen molar-refractivity contribution in [3.8, 4) is 0 Å². The lowest BCUT2D eigenvalue weighted by Gasteiger charge is -2.12. The van der Waals surface area contributed by atoms with E-state index in [2.05, 4.69) is 10.3 Å². The van der Waals surface area contributed by atoms with Crippen LogP contribution in [0.1, 0.15) is 11.1 Å². The van der Waals surface area contributed by atoms with E-state index in [9.17, 15) is 8.78 Å². The zero-order valence-electron chi connectivity index (χ0n) is 11.5. The van der Waals surface area contributed by atoms with Gasteiger partial charge < -0.3 is 5.32 Å². The van der Waals surface area contributed by atoms with E-state index in [-0.39, 0.29) is 5.69 Å². The van der Waals surface area contributed by atoms with E-state index < -0.39 is 11.6 Å². The predicted octanol–water partition coefficient (Wildman–Crippen LogP) is 4.43. The summed E-state index contributed by atoms with van der Waals surface area (Å²) in [6.07, 6.45) is 3.48. The lowest BCUT2D eigenvalue weighted by Crippen LogP contribution is -2.05. The molecule has 0 aliphatic rings. The Kier molecular flexibility index (Phi) is 3.52. The van der Waals surface area contributed by atoms with Crippen molar-refractivity contribution in [2.45, 2.75) is 13.5 Å². The van der Waals surface area contributed by atoms with Crippen molar-refractivity contribution in [1.82, 2.24) is 4.98 Å². The van der Waals surface area contributed by atoms with Crippen molar-refractivity contribution < 1.29 is 8.78 Å². The fraction of sp³-hybridized carbons (Fsp3) is 0.118. The Morgan fingerprint density at radius 2 is 1.95 bits per heavy atom. The molecule has 0 saturated heterocycles. The summed E-state index contributed by atoms with van der Waals surface area (Å²) in [4.78, 5) is 4.07. The molecule has 2 aromatic carbocycles. The van der Waals surface area contributed by atoms with Crippen LogP contribution in [0.3, 0.4) is 0 Å². The summed E-state index contributed by atoms with van der Waals surface area (Å²) in [5, 5.41) is 4.88. The van der Waals surface area contributed by atoms with Gasteiger partial charge >= 0.3 is 0 Å². The van der Waals surface area contributed by atoms with Crippen LogP contribution in [-0.4, -0.2) is 4.98 Å². The third kappa shape index (κ3) is 2.57. The molecule has 0 amide bonds. The summed E-state index contributed by atoms with van der Waals surface area (Å²) in [7, 11) is 0. The van der Waals surface area contributed by atoms with Crippen LogP contribution in [0, 0.1) is 18.6 Å². The highest BCUT2D eigenvalue weighted by Crippen LogP contribution is 2.24. The third-order valence-corrected chi connectivity index (χ3v) is 3.51. The van der Waals surface area contributed by atoms with Gasteiger partial charge in [-0.2, -0.15) is 0 Å². The van der Waals surface area contributed by atoms with Crippen molar-refractivity contribution in [3.63, 3.8) is 0 Å². The minimum absolute atomic E-state index is 0.0824. The van der Waals surface area contributed by atoms with Crippen molar-refractivity contribution >= 4 is 16.5 Å². The molecule has 106 valence electrons. The van der Waals surface area contributed by atoms with E-state index >= 15 is 0 Å². The second-order valence-electron chi connectivity index (χ2n) is 4.92. The molecule has 2 nitrogen and oxygen atoms in total. The van der Waals surface area contributed by atoms with Crippen LogP contribution in [-0.2, 0) is 6.54 Å². The topological polar surface area (TPSA) is 24.9 Å². The average Bonchev–Trinajstić information content (AvgIpc) is 2.51. The molecule has 0 bridgehead atoms. The number of nitrogens with zero attached hydrogens (tertiary/aromatic N) is 1. The van der Waals surface area contributed by atoms with Crippen LogP contribution < -0.4 is 5.32 Å². The number of halogens is 2. The van der Waals surface area contributed by atoms with E-state index in [1.54, 1.807) is 19.3 Å². The molecule has 0 radical (unpaired) electrons. The number of rotatable bonds is 3. The minimum atomic E-state index is -0.583. The van der Waals surface area contributed by atoms with Crippen molar-refractivity contribution in [2.24, 2.45) is 0 Å². The first-order valence-electron chi connectivity index (χ1n) is 6.67. The normalized spacial score (nSPS) is 10.8. The molecular weight excluding hydrogens is 270 g/mol. The zero-order valence-corrected chi connectivity index (χ0v) is 11.5. The first-order valence-corrected chi connectivity index (χ1v) is 6.67. The Labute approximate surface area is 121 Å². The molecule has 4 heteroatoms. The molecule has 0 fully saturated rings. The molecule has 21 heavy (non-hydrogen) atoms. The fourth-order valence-electron chi connectivity index (χ4n) is 2.35. The highest BCUT2D eigenvalue weighted by molar-refractivity contribution is 5.84. The molecular formula is C17H14F2N2. The van der Waals surface area contributed by atoms with Crippen molar-refractivity contribution in [3.05, 3.63) is 71.6 Å². The van der Waals surface area contributed by atoms with E-state index in [1.807, 2.05) is 24.3 Å². The summed E-state index contributed by atoms with van der Waals surface area (Å²) < 4.78 is 27.7. The third-order valence-electron chi connectivity index (χ3n) is 3.51. The Morgan fingerprint density at radius 3 is 2.81 bits per heavy atom. The van der Waals surface area contributed by atoms with Gasteiger partial charge in [0.15, 0.2) is 5.82 Å². The van der Waals surface area contributed by atoms with Gasteiger partial charge in [-0.15, -0.1) is 0 Å². The molecule has 3 aromatic rings. The lowest BCUT2D eigenvalue weighted by atomic mass is 10.1. The summed E-state index contributed by atoms with van der Waals surface area (Å²) in [6.45, 7) is 1.96. The molecule has 1 N–H and O–H groups in total. The molecule has 0 atom stereocenters. The molecule has 0 aliphatic carbocycles. The smallest absolute Gasteiger partial charge is 0.152 e. The molecule has 0 saturated carbocycles. The Hall–Kier alpha value is -2.49. The second kappa shape index (κ2) is 5.48. The molecule has 0 spiro atoms. The first kappa shape index (κ1) is 13.5. The molecule has 3 rings (SSSR count). The quantitative estimate of drug-likeness (QED) is 0.769. The molecule has 1 heterocycles.